The Morgan fingerprint density at radius 3 is 1.98 bits per heavy atom. The van der Waals surface area contributed by atoms with Gasteiger partial charge in [-0.25, -0.2) is 15.0 Å². The summed E-state index contributed by atoms with van der Waals surface area (Å²) in [6.07, 6.45) is 5.53. The number of benzene rings is 5. The molecule has 0 atom stereocenters. The highest BCUT2D eigenvalue weighted by Crippen LogP contribution is 2.46. The second kappa shape index (κ2) is 7.98. The van der Waals surface area contributed by atoms with Gasteiger partial charge in [-0.2, -0.15) is 0 Å². The fourth-order valence-corrected chi connectivity index (χ4v) is 6.50. The van der Waals surface area contributed by atoms with Gasteiger partial charge >= 0.3 is 0 Å². The van der Waals surface area contributed by atoms with E-state index in [2.05, 4.69) is 123 Å². The summed E-state index contributed by atoms with van der Waals surface area (Å²) in [7, 11) is 0. The lowest BCUT2D eigenvalue weighted by atomic mass is 10.0. The van der Waals surface area contributed by atoms with Crippen molar-refractivity contribution in [2.24, 2.45) is 0 Å². The first-order chi connectivity index (χ1) is 19.9. The molecule has 4 aromatic heterocycles. The summed E-state index contributed by atoms with van der Waals surface area (Å²) < 4.78 is 4.73. The molecule has 9 aromatic rings. The quantitative estimate of drug-likeness (QED) is 0.234. The van der Waals surface area contributed by atoms with Gasteiger partial charge in [0, 0.05) is 50.4 Å². The van der Waals surface area contributed by atoms with Gasteiger partial charge in [0.1, 0.15) is 12.1 Å². The topological polar surface area (TPSA) is 48.5 Å². The Bertz CT molecular complexity index is 2430. The molecule has 0 bridgehead atoms. The van der Waals surface area contributed by atoms with Crippen LogP contribution in [0.25, 0.3) is 76.8 Å². The summed E-state index contributed by atoms with van der Waals surface area (Å²) in [6.45, 7) is 0. The van der Waals surface area contributed by atoms with Crippen LogP contribution in [-0.2, 0) is 0 Å². The van der Waals surface area contributed by atoms with Crippen molar-refractivity contribution in [3.63, 3.8) is 0 Å². The smallest absolute Gasteiger partial charge is 0.145 e. The van der Waals surface area contributed by atoms with E-state index in [1.165, 1.54) is 5.39 Å². The summed E-state index contributed by atoms with van der Waals surface area (Å²) in [4.78, 5) is 14.4. The Balaban J connectivity index is 1.67. The molecular formula is C35H21N5. The number of hydrogen-bond donors (Lipinski definition) is 0. The lowest BCUT2D eigenvalue weighted by Gasteiger charge is -2.14. The van der Waals surface area contributed by atoms with E-state index in [0.717, 1.165) is 71.4 Å². The fraction of sp³-hybridized carbons (Fsp3) is 0. The molecule has 40 heavy (non-hydrogen) atoms. The molecule has 0 aliphatic rings. The minimum Gasteiger partial charge on any atom is -0.307 e. The van der Waals surface area contributed by atoms with E-state index < -0.39 is 0 Å². The number of rotatable bonds is 2. The lowest BCUT2D eigenvalue weighted by Crippen LogP contribution is -2.01. The second-order valence-corrected chi connectivity index (χ2v) is 10.1. The lowest BCUT2D eigenvalue weighted by molar-refractivity contribution is 1.09. The molecule has 0 unspecified atom stereocenters. The second-order valence-electron chi connectivity index (χ2n) is 10.1. The largest absolute Gasteiger partial charge is 0.307 e. The first-order valence-electron chi connectivity index (χ1n) is 13.4. The van der Waals surface area contributed by atoms with Crippen molar-refractivity contribution in [3.05, 3.63) is 128 Å². The van der Waals surface area contributed by atoms with Crippen molar-refractivity contribution in [2.75, 3.05) is 0 Å². The third kappa shape index (κ3) is 2.73. The average Bonchev–Trinajstić information content (AvgIpc) is 3.55. The molecule has 0 aliphatic heterocycles. The fourth-order valence-electron chi connectivity index (χ4n) is 6.50. The number of nitrogens with zero attached hydrogens (tertiary/aromatic N) is 5. The normalized spacial score (nSPS) is 12.0. The van der Waals surface area contributed by atoms with E-state index >= 15 is 0 Å². The van der Waals surface area contributed by atoms with Crippen LogP contribution in [0, 0.1) is 0 Å². The molecule has 5 aromatic carbocycles. The van der Waals surface area contributed by atoms with Crippen LogP contribution in [0.4, 0.5) is 0 Å². The van der Waals surface area contributed by atoms with E-state index in [-0.39, 0.29) is 0 Å². The maximum absolute atomic E-state index is 5.01. The Kier molecular flexibility index (Phi) is 4.27. The van der Waals surface area contributed by atoms with Crippen LogP contribution in [0.1, 0.15) is 0 Å². The van der Waals surface area contributed by atoms with Crippen LogP contribution in [0.2, 0.25) is 0 Å². The van der Waals surface area contributed by atoms with Crippen LogP contribution in [-0.4, -0.2) is 24.1 Å². The molecule has 5 heteroatoms. The van der Waals surface area contributed by atoms with E-state index in [1.54, 1.807) is 6.33 Å². The monoisotopic (exact) mass is 511 g/mol. The van der Waals surface area contributed by atoms with Gasteiger partial charge in [0.2, 0.25) is 0 Å². The van der Waals surface area contributed by atoms with Crippen molar-refractivity contribution >= 4 is 65.3 Å². The van der Waals surface area contributed by atoms with Crippen molar-refractivity contribution in [2.45, 2.75) is 0 Å². The molecule has 0 saturated heterocycles. The van der Waals surface area contributed by atoms with Gasteiger partial charge in [-0.1, -0.05) is 78.9 Å². The summed E-state index contributed by atoms with van der Waals surface area (Å²) in [5.41, 5.74) is 6.50. The molecule has 5 nitrogen and oxygen atoms in total. The van der Waals surface area contributed by atoms with Gasteiger partial charge in [0.15, 0.2) is 0 Å². The number of hydrogen-bond acceptors (Lipinski definition) is 3. The van der Waals surface area contributed by atoms with Gasteiger partial charge in [-0.05, 0) is 35.7 Å². The van der Waals surface area contributed by atoms with Crippen LogP contribution >= 0.6 is 0 Å². The summed E-state index contributed by atoms with van der Waals surface area (Å²) in [5, 5.41) is 7.87. The molecule has 0 spiro atoms. The Labute approximate surface area is 228 Å². The van der Waals surface area contributed by atoms with Gasteiger partial charge in [0.05, 0.1) is 27.6 Å². The van der Waals surface area contributed by atoms with Crippen molar-refractivity contribution in [1.29, 1.82) is 0 Å². The highest BCUT2D eigenvalue weighted by molar-refractivity contribution is 6.35. The molecule has 0 amide bonds. The molecule has 0 N–H and O–H groups in total. The van der Waals surface area contributed by atoms with Crippen molar-refractivity contribution < 1.29 is 0 Å². The molecular weight excluding hydrogens is 490 g/mol. The van der Waals surface area contributed by atoms with Gasteiger partial charge in [-0.15, -0.1) is 0 Å². The highest BCUT2D eigenvalue weighted by Gasteiger charge is 2.25. The van der Waals surface area contributed by atoms with Crippen LogP contribution in [0.15, 0.2) is 128 Å². The molecule has 0 fully saturated rings. The number of para-hydroxylation sites is 3. The number of aromatic nitrogens is 5. The maximum Gasteiger partial charge on any atom is 0.145 e. The van der Waals surface area contributed by atoms with Gasteiger partial charge in [0.25, 0.3) is 0 Å². The predicted molar refractivity (Wildman–Crippen MR) is 164 cm³/mol. The molecule has 0 aliphatic carbocycles. The SMILES string of the molecule is c1ccc(-n2c3ccccc3c3c4cncnc4c4c5ccccc5n(-c5nccc6ccccc56)c4c32)cc1. The summed E-state index contributed by atoms with van der Waals surface area (Å²) in [6, 6.07) is 38.4. The van der Waals surface area contributed by atoms with Crippen LogP contribution < -0.4 is 0 Å². The first-order valence-corrected chi connectivity index (χ1v) is 13.4. The molecule has 0 saturated carbocycles. The summed E-state index contributed by atoms with van der Waals surface area (Å²) in [5.74, 6) is 0.906. The first kappa shape index (κ1) is 21.4. The zero-order chi connectivity index (χ0) is 26.2. The van der Waals surface area contributed by atoms with E-state index in [4.69, 9.17) is 9.97 Å². The van der Waals surface area contributed by atoms with E-state index in [9.17, 15) is 0 Å². The Morgan fingerprint density at radius 2 is 1.15 bits per heavy atom. The Hall–Kier alpha value is -5.55. The molecule has 186 valence electrons. The number of fused-ring (bicyclic) bond motifs is 11. The predicted octanol–water partition coefficient (Wildman–Crippen LogP) is 8.37. The number of pyridine rings is 1. The molecule has 9 rings (SSSR count). The summed E-state index contributed by atoms with van der Waals surface area (Å²) >= 11 is 0. The average molecular weight is 512 g/mol. The zero-order valence-corrected chi connectivity index (χ0v) is 21.4. The van der Waals surface area contributed by atoms with Gasteiger partial charge in [-0.3, -0.25) is 4.57 Å². The van der Waals surface area contributed by atoms with Crippen LogP contribution in [0.5, 0.6) is 0 Å². The Morgan fingerprint density at radius 1 is 0.500 bits per heavy atom. The van der Waals surface area contributed by atoms with Gasteiger partial charge < -0.3 is 4.57 Å². The van der Waals surface area contributed by atoms with E-state index in [1.807, 2.05) is 12.4 Å². The minimum absolute atomic E-state index is 0.906. The van der Waals surface area contributed by atoms with E-state index in [0.29, 0.717) is 0 Å². The van der Waals surface area contributed by atoms with Crippen molar-refractivity contribution in [1.82, 2.24) is 24.1 Å². The maximum atomic E-state index is 5.01. The molecule has 0 radical (unpaired) electrons. The molecule has 4 heterocycles. The third-order valence-corrected chi connectivity index (χ3v) is 8.07. The van der Waals surface area contributed by atoms with Crippen LogP contribution in [0.3, 0.4) is 0 Å². The zero-order valence-electron chi connectivity index (χ0n) is 21.4. The third-order valence-electron chi connectivity index (χ3n) is 8.07. The highest BCUT2D eigenvalue weighted by atomic mass is 15.1. The van der Waals surface area contributed by atoms with Crippen molar-refractivity contribution in [3.8, 4) is 11.5 Å². The minimum atomic E-state index is 0.906. The standard InChI is InChI=1S/C35H21N5/c1-2-11-23(12-3-1)39-28-16-8-6-14-25(28)30-27-20-36-21-38-32(27)31-26-15-7-9-17-29(26)40(34(31)33(30)39)35-24-13-5-4-10-22(24)18-19-37-35/h1-21H.